The van der Waals surface area contributed by atoms with Gasteiger partial charge in [-0.05, 0) is 39.3 Å². The molecule has 1 fully saturated rings. The Labute approximate surface area is 129 Å². The van der Waals surface area contributed by atoms with Gasteiger partial charge in [0, 0.05) is 44.8 Å². The van der Waals surface area contributed by atoms with Crippen molar-refractivity contribution in [2.24, 2.45) is 0 Å². The van der Waals surface area contributed by atoms with Gasteiger partial charge in [0.15, 0.2) is 0 Å². The molecule has 1 aromatic heterocycles. The van der Waals surface area contributed by atoms with Gasteiger partial charge in [-0.1, -0.05) is 13.0 Å². The molecule has 1 aliphatic rings. The molecule has 0 aliphatic carbocycles. The summed E-state index contributed by atoms with van der Waals surface area (Å²) in [5, 5.41) is 3.36. The molecule has 0 unspecified atom stereocenters. The molecule has 2 heterocycles. The van der Waals surface area contributed by atoms with Gasteiger partial charge in [0.1, 0.15) is 5.82 Å². The smallest absolute Gasteiger partial charge is 0.126 e. The number of piperazine rings is 1. The van der Waals surface area contributed by atoms with Gasteiger partial charge < -0.3 is 5.32 Å². The Morgan fingerprint density at radius 2 is 1.86 bits per heavy atom. The number of anilines is 1. The Bertz CT molecular complexity index is 431. The van der Waals surface area contributed by atoms with Crippen LogP contribution in [0.3, 0.4) is 0 Å². The Hall–Kier alpha value is -1.13. The highest BCUT2D eigenvalue weighted by atomic mass is 15.3. The lowest BCUT2D eigenvalue weighted by Crippen LogP contribution is -2.53. The summed E-state index contributed by atoms with van der Waals surface area (Å²) < 4.78 is 0. The van der Waals surface area contributed by atoms with Gasteiger partial charge >= 0.3 is 0 Å². The van der Waals surface area contributed by atoms with Gasteiger partial charge in [0.05, 0.1) is 5.69 Å². The van der Waals surface area contributed by atoms with Crippen molar-refractivity contribution >= 4 is 5.82 Å². The van der Waals surface area contributed by atoms with Crippen LogP contribution in [-0.4, -0.2) is 53.0 Å². The molecule has 118 valence electrons. The molecule has 0 amide bonds. The van der Waals surface area contributed by atoms with E-state index in [2.05, 4.69) is 61.0 Å². The van der Waals surface area contributed by atoms with E-state index in [0.29, 0.717) is 0 Å². The van der Waals surface area contributed by atoms with Crippen molar-refractivity contribution < 1.29 is 0 Å². The fourth-order valence-corrected chi connectivity index (χ4v) is 2.73. The van der Waals surface area contributed by atoms with E-state index in [0.717, 1.165) is 51.5 Å². The second-order valence-electron chi connectivity index (χ2n) is 6.87. The highest BCUT2D eigenvalue weighted by Crippen LogP contribution is 2.17. The molecular formula is C17H30N4. The van der Waals surface area contributed by atoms with Crippen molar-refractivity contribution in [1.29, 1.82) is 0 Å². The van der Waals surface area contributed by atoms with Crippen LogP contribution >= 0.6 is 0 Å². The van der Waals surface area contributed by atoms with Crippen molar-refractivity contribution in [2.45, 2.75) is 46.2 Å². The Kier molecular flexibility index (Phi) is 5.59. The van der Waals surface area contributed by atoms with Crippen molar-refractivity contribution in [2.75, 3.05) is 38.0 Å². The van der Waals surface area contributed by atoms with E-state index in [4.69, 9.17) is 4.98 Å². The van der Waals surface area contributed by atoms with E-state index >= 15 is 0 Å². The predicted molar refractivity (Wildman–Crippen MR) is 89.6 cm³/mol. The first-order chi connectivity index (χ1) is 9.99. The lowest BCUT2D eigenvalue weighted by atomic mass is 10.0. The Morgan fingerprint density at radius 3 is 2.48 bits per heavy atom. The largest absolute Gasteiger partial charge is 0.370 e. The van der Waals surface area contributed by atoms with Crippen LogP contribution in [0.5, 0.6) is 0 Å². The van der Waals surface area contributed by atoms with Gasteiger partial charge in [-0.15, -0.1) is 0 Å². The molecule has 2 rings (SSSR count). The first kappa shape index (κ1) is 16.2. The van der Waals surface area contributed by atoms with E-state index in [-0.39, 0.29) is 5.54 Å². The van der Waals surface area contributed by atoms with Crippen molar-refractivity contribution in [3.8, 4) is 0 Å². The maximum atomic E-state index is 4.71. The Balaban J connectivity index is 1.86. The summed E-state index contributed by atoms with van der Waals surface area (Å²) in [7, 11) is 0. The molecule has 4 nitrogen and oxygen atoms in total. The van der Waals surface area contributed by atoms with Crippen LogP contribution < -0.4 is 5.32 Å². The minimum absolute atomic E-state index is 0.286. The monoisotopic (exact) mass is 290 g/mol. The molecule has 21 heavy (non-hydrogen) atoms. The zero-order valence-electron chi connectivity index (χ0n) is 14.0. The molecule has 4 heteroatoms. The fraction of sp³-hybridized carbons (Fsp3) is 0.706. The first-order valence-corrected chi connectivity index (χ1v) is 8.16. The minimum Gasteiger partial charge on any atom is -0.370 e. The second-order valence-corrected chi connectivity index (χ2v) is 6.87. The van der Waals surface area contributed by atoms with Crippen LogP contribution in [0.25, 0.3) is 0 Å². The minimum atomic E-state index is 0.286. The number of hydrogen-bond acceptors (Lipinski definition) is 4. The highest BCUT2D eigenvalue weighted by molar-refractivity contribution is 5.35. The normalized spacial score (nSPS) is 17.9. The van der Waals surface area contributed by atoms with E-state index in [9.17, 15) is 0 Å². The molecule has 1 aliphatic heterocycles. The second kappa shape index (κ2) is 7.23. The molecule has 1 N–H and O–H groups in total. The third kappa shape index (κ3) is 4.97. The van der Waals surface area contributed by atoms with Gasteiger partial charge in [-0.2, -0.15) is 0 Å². The lowest BCUT2D eigenvalue weighted by molar-refractivity contribution is 0.0586. The van der Waals surface area contributed by atoms with Gasteiger partial charge in [0.25, 0.3) is 0 Å². The van der Waals surface area contributed by atoms with Crippen LogP contribution in [-0.2, 0) is 6.54 Å². The number of aromatic nitrogens is 1. The number of pyridine rings is 1. The Morgan fingerprint density at radius 1 is 1.14 bits per heavy atom. The van der Waals surface area contributed by atoms with Crippen LogP contribution in [0.1, 0.15) is 39.8 Å². The molecule has 0 bridgehead atoms. The first-order valence-electron chi connectivity index (χ1n) is 8.16. The third-order valence-corrected chi connectivity index (χ3v) is 4.07. The summed E-state index contributed by atoms with van der Waals surface area (Å²) in [5.41, 5.74) is 1.45. The summed E-state index contributed by atoms with van der Waals surface area (Å²) in [4.78, 5) is 9.78. The van der Waals surface area contributed by atoms with E-state index in [1.807, 2.05) is 0 Å². The topological polar surface area (TPSA) is 31.4 Å². The molecular weight excluding hydrogens is 260 g/mol. The summed E-state index contributed by atoms with van der Waals surface area (Å²) in [6.07, 6.45) is 1.13. The van der Waals surface area contributed by atoms with Crippen LogP contribution in [0.4, 0.5) is 5.82 Å². The van der Waals surface area contributed by atoms with Crippen molar-refractivity contribution in [3.63, 3.8) is 0 Å². The predicted octanol–water partition coefficient (Wildman–Crippen LogP) is 2.82. The average molecular weight is 290 g/mol. The quantitative estimate of drug-likeness (QED) is 0.903. The third-order valence-electron chi connectivity index (χ3n) is 4.07. The van der Waals surface area contributed by atoms with Crippen molar-refractivity contribution in [1.82, 2.24) is 14.8 Å². The molecule has 0 radical (unpaired) electrons. The number of nitrogens with one attached hydrogen (secondary N) is 1. The average Bonchev–Trinajstić information content (AvgIpc) is 2.45. The van der Waals surface area contributed by atoms with Gasteiger partial charge in [-0.3, -0.25) is 9.80 Å². The lowest BCUT2D eigenvalue weighted by Gasteiger charge is -2.42. The van der Waals surface area contributed by atoms with E-state index in [1.54, 1.807) is 0 Å². The van der Waals surface area contributed by atoms with Crippen LogP contribution in [0.2, 0.25) is 0 Å². The SMILES string of the molecule is CCCNc1cccc(CN2CCN(C(C)(C)C)CC2)n1. The van der Waals surface area contributed by atoms with Gasteiger partial charge in [0.2, 0.25) is 0 Å². The zero-order valence-corrected chi connectivity index (χ0v) is 14.0. The van der Waals surface area contributed by atoms with Crippen LogP contribution in [0.15, 0.2) is 18.2 Å². The van der Waals surface area contributed by atoms with Crippen LogP contribution in [0, 0.1) is 0 Å². The number of hydrogen-bond donors (Lipinski definition) is 1. The van der Waals surface area contributed by atoms with E-state index in [1.165, 1.54) is 5.69 Å². The molecule has 0 spiro atoms. The summed E-state index contributed by atoms with van der Waals surface area (Å²) in [5.74, 6) is 1.00. The molecule has 1 saturated heterocycles. The summed E-state index contributed by atoms with van der Waals surface area (Å²) in [6.45, 7) is 15.6. The van der Waals surface area contributed by atoms with Gasteiger partial charge in [-0.25, -0.2) is 4.98 Å². The standard InChI is InChI=1S/C17H30N4/c1-5-9-18-16-8-6-7-15(19-16)14-20-10-12-21(13-11-20)17(2,3)4/h6-8H,5,9-14H2,1-4H3,(H,18,19). The molecule has 1 aromatic rings. The number of rotatable bonds is 5. The maximum absolute atomic E-state index is 4.71. The summed E-state index contributed by atoms with van der Waals surface area (Å²) in [6, 6.07) is 6.29. The summed E-state index contributed by atoms with van der Waals surface area (Å²) >= 11 is 0. The zero-order chi connectivity index (χ0) is 15.3. The van der Waals surface area contributed by atoms with Crippen molar-refractivity contribution in [3.05, 3.63) is 23.9 Å². The number of nitrogens with zero attached hydrogens (tertiary/aromatic N) is 3. The highest BCUT2D eigenvalue weighted by Gasteiger charge is 2.25. The van der Waals surface area contributed by atoms with E-state index < -0.39 is 0 Å². The molecule has 0 saturated carbocycles. The molecule has 0 aromatic carbocycles. The fourth-order valence-electron chi connectivity index (χ4n) is 2.73. The maximum Gasteiger partial charge on any atom is 0.126 e. The molecule has 0 atom stereocenters.